The Labute approximate surface area is 108 Å². The number of rotatable bonds is 7. The molecule has 102 valence electrons. The largest absolute Gasteiger partial charge is 0.497 e. The second kappa shape index (κ2) is 7.34. The monoisotopic (exact) mass is 255 g/mol. The molecule has 0 bridgehead atoms. The SMILES string of the molecule is COc1ccc(C(C)NCCOC(C)C)c(F)c1. The molecule has 0 saturated carbocycles. The Morgan fingerprint density at radius 2 is 2.00 bits per heavy atom. The maximum atomic E-state index is 13.8. The Hall–Kier alpha value is -1.13. The molecule has 0 aliphatic carbocycles. The minimum Gasteiger partial charge on any atom is -0.497 e. The molecule has 3 nitrogen and oxygen atoms in total. The lowest BCUT2D eigenvalue weighted by atomic mass is 10.1. The molecule has 0 radical (unpaired) electrons. The summed E-state index contributed by atoms with van der Waals surface area (Å²) < 4.78 is 24.2. The van der Waals surface area contributed by atoms with Gasteiger partial charge in [0.1, 0.15) is 11.6 Å². The smallest absolute Gasteiger partial charge is 0.131 e. The fourth-order valence-corrected chi connectivity index (χ4v) is 1.67. The molecule has 1 aromatic rings. The van der Waals surface area contributed by atoms with Gasteiger partial charge < -0.3 is 14.8 Å². The zero-order valence-electron chi connectivity index (χ0n) is 11.5. The van der Waals surface area contributed by atoms with E-state index in [0.717, 1.165) is 0 Å². The van der Waals surface area contributed by atoms with Gasteiger partial charge in [-0.2, -0.15) is 0 Å². The Kier molecular flexibility index (Phi) is 6.09. The van der Waals surface area contributed by atoms with Gasteiger partial charge in [0.2, 0.25) is 0 Å². The molecule has 0 saturated heterocycles. The lowest BCUT2D eigenvalue weighted by Gasteiger charge is -2.16. The summed E-state index contributed by atoms with van der Waals surface area (Å²) in [6.07, 6.45) is 0.222. The van der Waals surface area contributed by atoms with E-state index >= 15 is 0 Å². The van der Waals surface area contributed by atoms with E-state index in [2.05, 4.69) is 5.32 Å². The van der Waals surface area contributed by atoms with Crippen LogP contribution in [0.1, 0.15) is 32.4 Å². The molecular weight excluding hydrogens is 233 g/mol. The molecule has 0 aliphatic rings. The second-order valence-corrected chi connectivity index (χ2v) is 4.48. The number of nitrogens with one attached hydrogen (secondary N) is 1. The molecule has 0 spiro atoms. The van der Waals surface area contributed by atoms with Crippen LogP contribution in [0.4, 0.5) is 4.39 Å². The van der Waals surface area contributed by atoms with Crippen LogP contribution in [0.25, 0.3) is 0 Å². The van der Waals surface area contributed by atoms with Gasteiger partial charge in [0.25, 0.3) is 0 Å². The van der Waals surface area contributed by atoms with E-state index in [-0.39, 0.29) is 18.0 Å². The first-order valence-electron chi connectivity index (χ1n) is 6.23. The second-order valence-electron chi connectivity index (χ2n) is 4.48. The summed E-state index contributed by atoms with van der Waals surface area (Å²) in [5.74, 6) is 0.283. The maximum Gasteiger partial charge on any atom is 0.131 e. The van der Waals surface area contributed by atoms with Crippen molar-refractivity contribution in [2.45, 2.75) is 32.9 Å². The minimum absolute atomic E-state index is 0.0494. The van der Waals surface area contributed by atoms with Gasteiger partial charge in [-0.1, -0.05) is 6.07 Å². The van der Waals surface area contributed by atoms with Crippen molar-refractivity contribution in [3.63, 3.8) is 0 Å². The summed E-state index contributed by atoms with van der Waals surface area (Å²) in [5, 5.41) is 3.23. The number of benzene rings is 1. The topological polar surface area (TPSA) is 30.5 Å². The molecule has 0 fully saturated rings. The fraction of sp³-hybridized carbons (Fsp3) is 0.571. The van der Waals surface area contributed by atoms with Crippen molar-refractivity contribution in [1.29, 1.82) is 0 Å². The first-order valence-corrected chi connectivity index (χ1v) is 6.23. The van der Waals surface area contributed by atoms with Crippen LogP contribution < -0.4 is 10.1 Å². The highest BCUT2D eigenvalue weighted by Crippen LogP contribution is 2.21. The average Bonchev–Trinajstić information content (AvgIpc) is 2.33. The third-order valence-electron chi connectivity index (χ3n) is 2.68. The van der Waals surface area contributed by atoms with Gasteiger partial charge >= 0.3 is 0 Å². The molecule has 0 heterocycles. The summed E-state index contributed by atoms with van der Waals surface area (Å²) >= 11 is 0. The summed E-state index contributed by atoms with van der Waals surface area (Å²) in [5.41, 5.74) is 0.639. The Bertz CT molecular complexity index is 369. The fourth-order valence-electron chi connectivity index (χ4n) is 1.67. The molecule has 1 unspecified atom stereocenters. The third-order valence-corrected chi connectivity index (χ3v) is 2.68. The van der Waals surface area contributed by atoms with Crippen LogP contribution >= 0.6 is 0 Å². The van der Waals surface area contributed by atoms with Gasteiger partial charge in [-0.25, -0.2) is 4.39 Å². The molecular formula is C14H22FNO2. The molecule has 1 rings (SSSR count). The predicted octanol–water partition coefficient (Wildman–Crippen LogP) is 2.91. The van der Waals surface area contributed by atoms with Crippen molar-refractivity contribution >= 4 is 0 Å². The van der Waals surface area contributed by atoms with Crippen LogP contribution in [0.2, 0.25) is 0 Å². The summed E-state index contributed by atoms with van der Waals surface area (Å²) in [4.78, 5) is 0. The number of halogens is 1. The standard InChI is InChI=1S/C14H22FNO2/c1-10(2)18-8-7-16-11(3)13-6-5-12(17-4)9-14(13)15/h5-6,9-11,16H,7-8H2,1-4H3. The Morgan fingerprint density at radius 3 is 2.56 bits per heavy atom. The molecule has 0 aliphatic heterocycles. The van der Waals surface area contributed by atoms with Crippen molar-refractivity contribution in [3.8, 4) is 5.75 Å². The van der Waals surface area contributed by atoms with Gasteiger partial charge in [0.05, 0.1) is 19.8 Å². The minimum atomic E-state index is -0.251. The van der Waals surface area contributed by atoms with E-state index in [9.17, 15) is 4.39 Å². The molecule has 0 aromatic heterocycles. The van der Waals surface area contributed by atoms with Crippen molar-refractivity contribution in [2.24, 2.45) is 0 Å². The average molecular weight is 255 g/mol. The molecule has 18 heavy (non-hydrogen) atoms. The van der Waals surface area contributed by atoms with E-state index in [1.54, 1.807) is 12.1 Å². The molecule has 1 aromatic carbocycles. The van der Waals surface area contributed by atoms with Gasteiger partial charge in [0.15, 0.2) is 0 Å². The number of hydrogen-bond donors (Lipinski definition) is 1. The third kappa shape index (κ3) is 4.63. The highest BCUT2D eigenvalue weighted by molar-refractivity contribution is 5.30. The van der Waals surface area contributed by atoms with Crippen molar-refractivity contribution in [3.05, 3.63) is 29.6 Å². The normalized spacial score (nSPS) is 12.8. The van der Waals surface area contributed by atoms with Gasteiger partial charge in [0, 0.05) is 24.2 Å². The van der Waals surface area contributed by atoms with Crippen molar-refractivity contribution < 1.29 is 13.9 Å². The highest BCUT2D eigenvalue weighted by Gasteiger charge is 2.11. The van der Waals surface area contributed by atoms with Gasteiger partial charge in [-0.3, -0.25) is 0 Å². The first kappa shape index (κ1) is 14.9. The molecule has 1 atom stereocenters. The number of ether oxygens (including phenoxy) is 2. The van der Waals surface area contributed by atoms with E-state index in [0.29, 0.717) is 24.5 Å². The Balaban J connectivity index is 2.48. The van der Waals surface area contributed by atoms with Crippen LogP contribution in [0.3, 0.4) is 0 Å². The first-order chi connectivity index (χ1) is 8.54. The summed E-state index contributed by atoms with van der Waals surface area (Å²) in [6, 6.07) is 4.86. The highest BCUT2D eigenvalue weighted by atomic mass is 19.1. The summed E-state index contributed by atoms with van der Waals surface area (Å²) in [7, 11) is 1.53. The van der Waals surface area contributed by atoms with Gasteiger partial charge in [-0.15, -0.1) is 0 Å². The van der Waals surface area contributed by atoms with E-state index in [1.165, 1.54) is 13.2 Å². The van der Waals surface area contributed by atoms with E-state index in [1.807, 2.05) is 20.8 Å². The van der Waals surface area contributed by atoms with E-state index in [4.69, 9.17) is 9.47 Å². The summed E-state index contributed by atoms with van der Waals surface area (Å²) in [6.45, 7) is 7.24. The predicted molar refractivity (Wildman–Crippen MR) is 70.5 cm³/mol. The lowest BCUT2D eigenvalue weighted by molar-refractivity contribution is 0.0795. The van der Waals surface area contributed by atoms with Crippen molar-refractivity contribution in [1.82, 2.24) is 5.32 Å². The van der Waals surface area contributed by atoms with Crippen LogP contribution in [-0.2, 0) is 4.74 Å². The number of hydrogen-bond acceptors (Lipinski definition) is 3. The van der Waals surface area contributed by atoms with Crippen LogP contribution in [-0.4, -0.2) is 26.4 Å². The molecule has 4 heteroatoms. The zero-order chi connectivity index (χ0) is 13.5. The van der Waals surface area contributed by atoms with Gasteiger partial charge in [-0.05, 0) is 26.8 Å². The zero-order valence-corrected chi connectivity index (χ0v) is 11.5. The lowest BCUT2D eigenvalue weighted by Crippen LogP contribution is -2.25. The molecule has 1 N–H and O–H groups in total. The Morgan fingerprint density at radius 1 is 1.28 bits per heavy atom. The quantitative estimate of drug-likeness (QED) is 0.760. The van der Waals surface area contributed by atoms with Crippen LogP contribution in [0.15, 0.2) is 18.2 Å². The number of methoxy groups -OCH3 is 1. The van der Waals surface area contributed by atoms with Crippen LogP contribution in [0, 0.1) is 5.82 Å². The van der Waals surface area contributed by atoms with E-state index < -0.39 is 0 Å². The maximum absolute atomic E-state index is 13.8. The van der Waals surface area contributed by atoms with Crippen molar-refractivity contribution in [2.75, 3.05) is 20.3 Å². The van der Waals surface area contributed by atoms with Crippen LogP contribution in [0.5, 0.6) is 5.75 Å². The molecule has 0 amide bonds.